The molecule has 0 aliphatic rings. The highest BCUT2D eigenvalue weighted by Crippen LogP contribution is 2.20. The van der Waals surface area contributed by atoms with Crippen LogP contribution in [0.25, 0.3) is 0 Å². The minimum Gasteiger partial charge on any atom is -0.454 e. The summed E-state index contributed by atoms with van der Waals surface area (Å²) in [5.74, 6) is -2.11. The second-order valence-electron chi connectivity index (χ2n) is 6.82. The third-order valence-electron chi connectivity index (χ3n) is 3.52. The van der Waals surface area contributed by atoms with Gasteiger partial charge in [0.05, 0.1) is 17.0 Å². The van der Waals surface area contributed by atoms with Crippen molar-refractivity contribution in [2.24, 2.45) is 5.41 Å². The fourth-order valence-corrected chi connectivity index (χ4v) is 3.22. The number of Topliss-reactive ketones (excluding diaryl/α,β-unsaturated/α-hetero) is 1. The molecule has 0 saturated heterocycles. The number of esters is 1. The van der Waals surface area contributed by atoms with Crippen LogP contribution in [-0.4, -0.2) is 24.3 Å². The number of ketones is 1. The number of amides is 1. The Bertz CT molecular complexity index is 873. The van der Waals surface area contributed by atoms with E-state index in [2.05, 4.69) is 21.2 Å². The van der Waals surface area contributed by atoms with Gasteiger partial charge in [0.15, 0.2) is 6.61 Å². The Morgan fingerprint density at radius 1 is 1.19 bits per heavy atom. The van der Waals surface area contributed by atoms with Gasteiger partial charge < -0.3 is 10.1 Å². The maximum Gasteiger partial charge on any atom is 0.341 e. The van der Waals surface area contributed by atoms with Gasteiger partial charge in [0, 0.05) is 14.8 Å². The molecule has 144 valence electrons. The fraction of sp³-hybridized carbons (Fsp3) is 0.316. The lowest BCUT2D eigenvalue weighted by molar-refractivity contribution is -0.128. The molecule has 1 aromatic heterocycles. The van der Waals surface area contributed by atoms with Crippen molar-refractivity contribution >= 4 is 44.9 Å². The van der Waals surface area contributed by atoms with E-state index in [1.165, 1.54) is 23.5 Å². The van der Waals surface area contributed by atoms with E-state index < -0.39 is 29.6 Å². The van der Waals surface area contributed by atoms with Crippen molar-refractivity contribution in [2.45, 2.75) is 27.3 Å². The van der Waals surface area contributed by atoms with Crippen molar-refractivity contribution in [3.05, 3.63) is 55.9 Å². The molecule has 0 bridgehead atoms. The molecule has 0 saturated carbocycles. The molecule has 0 radical (unpaired) electrons. The summed E-state index contributed by atoms with van der Waals surface area (Å²) in [7, 11) is 0. The van der Waals surface area contributed by atoms with Gasteiger partial charge in [-0.2, -0.15) is 0 Å². The highest BCUT2D eigenvalue weighted by Gasteiger charge is 2.21. The first-order valence-corrected chi connectivity index (χ1v) is 9.71. The van der Waals surface area contributed by atoms with E-state index in [1.54, 1.807) is 12.1 Å². The molecule has 0 spiro atoms. The number of hydrogen-bond acceptors (Lipinski definition) is 5. The van der Waals surface area contributed by atoms with Crippen LogP contribution in [-0.2, 0) is 16.1 Å². The van der Waals surface area contributed by atoms with Crippen LogP contribution in [0.5, 0.6) is 0 Å². The van der Waals surface area contributed by atoms with Gasteiger partial charge >= 0.3 is 5.97 Å². The van der Waals surface area contributed by atoms with Crippen molar-refractivity contribution < 1.29 is 23.5 Å². The number of carbonyl (C=O) groups excluding carboxylic acids is 3. The molecule has 0 atom stereocenters. The average molecular weight is 456 g/mol. The van der Waals surface area contributed by atoms with Gasteiger partial charge in [0.1, 0.15) is 5.82 Å². The summed E-state index contributed by atoms with van der Waals surface area (Å²) in [5, 5.41) is 2.80. The zero-order valence-electron chi connectivity index (χ0n) is 15.1. The van der Waals surface area contributed by atoms with Gasteiger partial charge in [0.25, 0.3) is 0 Å². The van der Waals surface area contributed by atoms with Crippen LogP contribution in [0.3, 0.4) is 0 Å². The lowest BCUT2D eigenvalue weighted by Gasteiger charge is -2.17. The molecule has 0 unspecified atom stereocenters. The van der Waals surface area contributed by atoms with Crippen molar-refractivity contribution in [1.29, 1.82) is 0 Å². The Morgan fingerprint density at radius 2 is 1.89 bits per heavy atom. The van der Waals surface area contributed by atoms with Crippen molar-refractivity contribution in [3.8, 4) is 0 Å². The summed E-state index contributed by atoms with van der Waals surface area (Å²) in [6, 6.07) is 7.24. The molecule has 0 fully saturated rings. The van der Waals surface area contributed by atoms with Crippen LogP contribution < -0.4 is 5.32 Å². The van der Waals surface area contributed by atoms with Crippen LogP contribution >= 0.6 is 27.3 Å². The smallest absolute Gasteiger partial charge is 0.341 e. The summed E-state index contributed by atoms with van der Waals surface area (Å²) in [6.45, 7) is 5.27. The van der Waals surface area contributed by atoms with Crippen LogP contribution in [0, 0.1) is 11.2 Å². The first kappa shape index (κ1) is 21.2. The van der Waals surface area contributed by atoms with E-state index in [0.717, 1.165) is 10.9 Å². The average Bonchev–Trinajstić information content (AvgIpc) is 3.07. The number of nitrogens with one attached hydrogen (secondary N) is 1. The molecule has 1 aromatic carbocycles. The molecule has 0 aliphatic heterocycles. The standard InChI is InChI=1S/C19H19BrFNO4S/c1-19(2,3)18(25)22-9-12-5-7-16(27-12)15(23)10-26-17(24)13-8-11(20)4-6-14(13)21/h4-8H,9-10H2,1-3H3,(H,22,25). The molecule has 8 heteroatoms. The summed E-state index contributed by atoms with van der Waals surface area (Å²) < 4.78 is 19.1. The molecular formula is C19H19BrFNO4S. The third-order valence-corrected chi connectivity index (χ3v) is 5.14. The Labute approximate surface area is 169 Å². The number of carbonyl (C=O) groups is 3. The summed E-state index contributed by atoms with van der Waals surface area (Å²) in [4.78, 5) is 37.2. The second-order valence-corrected chi connectivity index (χ2v) is 8.91. The second kappa shape index (κ2) is 8.75. The molecule has 2 rings (SSSR count). The lowest BCUT2D eigenvalue weighted by Crippen LogP contribution is -2.34. The molecule has 27 heavy (non-hydrogen) atoms. The fourth-order valence-electron chi connectivity index (χ4n) is 1.99. The summed E-state index contributed by atoms with van der Waals surface area (Å²) in [5.41, 5.74) is -0.736. The monoisotopic (exact) mass is 455 g/mol. The molecule has 1 amide bonds. The predicted octanol–water partition coefficient (Wildman–Crippen LogP) is 4.35. The van der Waals surface area contributed by atoms with Gasteiger partial charge in [0.2, 0.25) is 11.7 Å². The first-order chi connectivity index (χ1) is 12.6. The molecular weight excluding hydrogens is 437 g/mol. The quantitative estimate of drug-likeness (QED) is 0.518. The van der Waals surface area contributed by atoms with Gasteiger partial charge in [-0.05, 0) is 30.3 Å². The minimum absolute atomic E-state index is 0.0891. The van der Waals surface area contributed by atoms with E-state index in [0.29, 0.717) is 15.9 Å². The Hall–Kier alpha value is -2.06. The topological polar surface area (TPSA) is 72.5 Å². The van der Waals surface area contributed by atoms with Crippen molar-refractivity contribution in [1.82, 2.24) is 5.32 Å². The lowest BCUT2D eigenvalue weighted by atomic mass is 9.96. The molecule has 5 nitrogen and oxygen atoms in total. The van der Waals surface area contributed by atoms with Gasteiger partial charge in [-0.15, -0.1) is 11.3 Å². The third kappa shape index (κ3) is 5.97. The number of benzene rings is 1. The van der Waals surface area contributed by atoms with E-state index in [4.69, 9.17) is 4.74 Å². The van der Waals surface area contributed by atoms with Crippen LogP contribution in [0.4, 0.5) is 4.39 Å². The first-order valence-electron chi connectivity index (χ1n) is 8.10. The number of thiophene rings is 1. The van der Waals surface area contributed by atoms with Crippen LogP contribution in [0.2, 0.25) is 0 Å². The predicted molar refractivity (Wildman–Crippen MR) is 104 cm³/mol. The Kier molecular flexibility index (Phi) is 6.89. The maximum atomic E-state index is 13.7. The van der Waals surface area contributed by atoms with Gasteiger partial charge in [-0.1, -0.05) is 36.7 Å². The molecule has 2 aromatic rings. The van der Waals surface area contributed by atoms with E-state index >= 15 is 0 Å². The minimum atomic E-state index is -0.906. The summed E-state index contributed by atoms with van der Waals surface area (Å²) in [6.07, 6.45) is 0. The van der Waals surface area contributed by atoms with Crippen LogP contribution in [0.15, 0.2) is 34.8 Å². The van der Waals surface area contributed by atoms with E-state index in [9.17, 15) is 18.8 Å². The van der Waals surface area contributed by atoms with Gasteiger partial charge in [-0.25, -0.2) is 9.18 Å². The number of hydrogen-bond donors (Lipinski definition) is 1. The highest BCUT2D eigenvalue weighted by molar-refractivity contribution is 9.10. The van der Waals surface area contributed by atoms with Crippen molar-refractivity contribution in [2.75, 3.05) is 6.61 Å². The van der Waals surface area contributed by atoms with Crippen LogP contribution in [0.1, 0.15) is 45.7 Å². The number of halogens is 2. The molecule has 1 heterocycles. The van der Waals surface area contributed by atoms with E-state index in [1.807, 2.05) is 20.8 Å². The van der Waals surface area contributed by atoms with Gasteiger partial charge in [-0.3, -0.25) is 9.59 Å². The molecule has 1 N–H and O–H groups in total. The Morgan fingerprint density at radius 3 is 2.56 bits per heavy atom. The SMILES string of the molecule is CC(C)(C)C(=O)NCc1ccc(C(=O)COC(=O)c2cc(Br)ccc2F)s1. The van der Waals surface area contributed by atoms with E-state index in [-0.39, 0.29) is 11.5 Å². The highest BCUT2D eigenvalue weighted by atomic mass is 79.9. The normalized spacial score (nSPS) is 11.1. The number of ether oxygens (including phenoxy) is 1. The number of rotatable bonds is 6. The maximum absolute atomic E-state index is 13.7. The molecule has 0 aliphatic carbocycles. The summed E-state index contributed by atoms with van der Waals surface area (Å²) >= 11 is 4.36. The Balaban J connectivity index is 1.91. The largest absolute Gasteiger partial charge is 0.454 e. The van der Waals surface area contributed by atoms with Crippen molar-refractivity contribution in [3.63, 3.8) is 0 Å². The zero-order valence-corrected chi connectivity index (χ0v) is 17.5. The zero-order chi connectivity index (χ0) is 20.2.